The van der Waals surface area contributed by atoms with Crippen LogP contribution in [0.25, 0.3) is 11.3 Å². The number of carbonyl (C=O) groups is 1. The van der Waals surface area contributed by atoms with Crippen molar-refractivity contribution >= 4 is 23.7 Å². The van der Waals surface area contributed by atoms with E-state index in [0.717, 1.165) is 17.4 Å². The van der Waals surface area contributed by atoms with Crippen molar-refractivity contribution in [2.45, 2.75) is 12.8 Å². The Kier molecular flexibility index (Phi) is 6.74. The minimum Gasteiger partial charge on any atom is -0.406 e. The molecule has 0 aliphatic carbocycles. The first-order valence-corrected chi connectivity index (χ1v) is 10.3. The van der Waals surface area contributed by atoms with Crippen molar-refractivity contribution in [2.24, 2.45) is 0 Å². The smallest absolute Gasteiger partial charge is 0.406 e. The minimum atomic E-state index is -4.75. The number of hydrogen-bond acceptors (Lipinski definition) is 7. The summed E-state index contributed by atoms with van der Waals surface area (Å²) in [5.74, 6) is 0.681. The monoisotopic (exact) mass is 458 g/mol. The molecule has 172 valence electrons. The van der Waals surface area contributed by atoms with Crippen molar-refractivity contribution in [3.05, 3.63) is 60.2 Å². The van der Waals surface area contributed by atoms with Crippen molar-refractivity contribution in [2.75, 3.05) is 36.5 Å². The number of carbonyl (C=O) groups excluding carboxylic acids is 1. The predicted molar refractivity (Wildman–Crippen MR) is 117 cm³/mol. The van der Waals surface area contributed by atoms with Gasteiger partial charge >= 0.3 is 6.36 Å². The van der Waals surface area contributed by atoms with E-state index in [1.807, 2.05) is 29.2 Å². The zero-order valence-electron chi connectivity index (χ0n) is 17.5. The molecule has 1 aromatic heterocycles. The van der Waals surface area contributed by atoms with Crippen molar-refractivity contribution in [3.63, 3.8) is 0 Å². The largest absolute Gasteiger partial charge is 0.573 e. The summed E-state index contributed by atoms with van der Waals surface area (Å²) in [6.45, 7) is 2.40. The standard InChI is InChI=1S/C23H21F3N4O3/c24-23(25,26)33-19-6-4-18(5-7-19)27-21-15-20(17-3-1-2-16(14-17)8-11-31)28-22(29-21)30-9-12-32-13-10-30/h1-7,11,14-15H,8-10,12-13H2,(H,27,28,29). The van der Waals surface area contributed by atoms with Gasteiger partial charge in [-0.25, -0.2) is 4.98 Å². The molecule has 0 spiro atoms. The fraction of sp³-hybridized carbons (Fsp3) is 0.261. The number of ether oxygens (including phenoxy) is 2. The number of aromatic nitrogens is 2. The Hall–Kier alpha value is -3.66. The predicted octanol–water partition coefficient (Wildman–Crippen LogP) is 4.36. The van der Waals surface area contributed by atoms with Crippen LogP contribution in [0.1, 0.15) is 5.56 Å². The molecule has 0 atom stereocenters. The van der Waals surface area contributed by atoms with Gasteiger partial charge in [-0.2, -0.15) is 4.98 Å². The Bertz CT molecular complexity index is 1100. The Morgan fingerprint density at radius 1 is 1.06 bits per heavy atom. The number of rotatable bonds is 7. The van der Waals surface area contributed by atoms with E-state index in [2.05, 4.69) is 15.0 Å². The molecule has 33 heavy (non-hydrogen) atoms. The number of nitrogens with one attached hydrogen (secondary N) is 1. The van der Waals surface area contributed by atoms with Crippen molar-refractivity contribution < 1.29 is 27.4 Å². The number of halogens is 3. The molecule has 7 nitrogen and oxygen atoms in total. The summed E-state index contributed by atoms with van der Waals surface area (Å²) >= 11 is 0. The van der Waals surface area contributed by atoms with Gasteiger partial charge in [-0.1, -0.05) is 18.2 Å². The highest BCUT2D eigenvalue weighted by molar-refractivity contribution is 5.69. The Balaban J connectivity index is 1.64. The van der Waals surface area contributed by atoms with E-state index < -0.39 is 6.36 Å². The maximum absolute atomic E-state index is 12.4. The second-order valence-corrected chi connectivity index (χ2v) is 7.31. The van der Waals surface area contributed by atoms with Crippen molar-refractivity contribution in [3.8, 4) is 17.0 Å². The first-order chi connectivity index (χ1) is 15.9. The minimum absolute atomic E-state index is 0.298. The average molecular weight is 458 g/mol. The first kappa shape index (κ1) is 22.5. The molecular weight excluding hydrogens is 437 g/mol. The van der Waals surface area contributed by atoms with Crippen LogP contribution in [0.15, 0.2) is 54.6 Å². The summed E-state index contributed by atoms with van der Waals surface area (Å²) in [7, 11) is 0. The summed E-state index contributed by atoms with van der Waals surface area (Å²) in [6, 6.07) is 14.7. The molecule has 2 aromatic carbocycles. The number of hydrogen-bond donors (Lipinski definition) is 1. The molecule has 3 aromatic rings. The number of nitrogens with zero attached hydrogens (tertiary/aromatic N) is 3. The van der Waals surface area contributed by atoms with Gasteiger partial charge in [0.05, 0.1) is 18.9 Å². The van der Waals surface area contributed by atoms with E-state index in [1.165, 1.54) is 24.3 Å². The second kappa shape index (κ2) is 9.86. The lowest BCUT2D eigenvalue weighted by atomic mass is 10.1. The molecule has 10 heteroatoms. The second-order valence-electron chi connectivity index (χ2n) is 7.31. The molecule has 0 radical (unpaired) electrons. The Morgan fingerprint density at radius 2 is 1.82 bits per heavy atom. The molecule has 1 aliphatic heterocycles. The molecule has 0 bridgehead atoms. The number of alkyl halides is 3. The van der Waals surface area contributed by atoms with E-state index >= 15 is 0 Å². The van der Waals surface area contributed by atoms with Crippen LogP contribution < -0.4 is 15.0 Å². The fourth-order valence-corrected chi connectivity index (χ4v) is 3.39. The van der Waals surface area contributed by atoms with Crippen molar-refractivity contribution in [1.29, 1.82) is 0 Å². The third-order valence-corrected chi connectivity index (χ3v) is 4.91. The van der Waals surface area contributed by atoms with Crippen molar-refractivity contribution in [1.82, 2.24) is 9.97 Å². The van der Waals surface area contributed by atoms with Gasteiger partial charge in [-0.3, -0.25) is 0 Å². The van der Waals surface area contributed by atoms with Crippen LogP contribution >= 0.6 is 0 Å². The van der Waals surface area contributed by atoms with E-state index in [0.29, 0.717) is 55.9 Å². The molecule has 0 saturated carbocycles. The van der Waals surface area contributed by atoms with E-state index in [-0.39, 0.29) is 5.75 Å². The molecule has 0 amide bonds. The molecule has 2 heterocycles. The van der Waals surface area contributed by atoms with Crippen LogP contribution in [-0.2, 0) is 16.0 Å². The average Bonchev–Trinajstić information content (AvgIpc) is 2.80. The summed E-state index contributed by atoms with van der Waals surface area (Å²) in [4.78, 5) is 22.2. The van der Waals surface area contributed by atoms with Gasteiger partial charge in [0.1, 0.15) is 17.9 Å². The zero-order chi connectivity index (χ0) is 23.3. The maximum Gasteiger partial charge on any atom is 0.573 e. The highest BCUT2D eigenvalue weighted by Crippen LogP contribution is 2.28. The van der Waals surface area contributed by atoms with E-state index in [4.69, 9.17) is 9.72 Å². The van der Waals surface area contributed by atoms with Crippen LogP contribution in [0, 0.1) is 0 Å². The topological polar surface area (TPSA) is 76.6 Å². The van der Waals surface area contributed by atoms with Gasteiger partial charge in [0.25, 0.3) is 0 Å². The quantitative estimate of drug-likeness (QED) is 0.527. The van der Waals surface area contributed by atoms with E-state index in [1.54, 1.807) is 6.07 Å². The van der Waals surface area contributed by atoms with Gasteiger partial charge in [0.15, 0.2) is 0 Å². The molecule has 1 aliphatic rings. The lowest BCUT2D eigenvalue weighted by Gasteiger charge is -2.27. The number of aldehydes is 1. The first-order valence-electron chi connectivity index (χ1n) is 10.3. The molecule has 1 fully saturated rings. The lowest BCUT2D eigenvalue weighted by Crippen LogP contribution is -2.37. The fourth-order valence-electron chi connectivity index (χ4n) is 3.39. The maximum atomic E-state index is 12.4. The van der Waals surface area contributed by atoms with Gasteiger partial charge < -0.3 is 24.5 Å². The highest BCUT2D eigenvalue weighted by atomic mass is 19.4. The van der Waals surface area contributed by atoms with Crippen LogP contribution in [0.4, 0.5) is 30.6 Å². The summed E-state index contributed by atoms with van der Waals surface area (Å²) < 4.78 is 46.5. The molecule has 1 saturated heterocycles. The van der Waals surface area contributed by atoms with Crippen LogP contribution in [0.5, 0.6) is 5.75 Å². The lowest BCUT2D eigenvalue weighted by molar-refractivity contribution is -0.274. The summed E-state index contributed by atoms with van der Waals surface area (Å²) in [5.41, 5.74) is 2.88. The Labute approximate surface area is 188 Å². The van der Waals surface area contributed by atoms with Crippen LogP contribution in [-0.4, -0.2) is 48.9 Å². The Morgan fingerprint density at radius 3 is 2.52 bits per heavy atom. The summed E-state index contributed by atoms with van der Waals surface area (Å²) in [5, 5.41) is 3.12. The van der Waals surface area contributed by atoms with Gasteiger partial charge in [-0.15, -0.1) is 13.2 Å². The van der Waals surface area contributed by atoms with Gasteiger partial charge in [0.2, 0.25) is 5.95 Å². The molecule has 4 rings (SSSR count). The van der Waals surface area contributed by atoms with Gasteiger partial charge in [-0.05, 0) is 35.9 Å². The highest BCUT2D eigenvalue weighted by Gasteiger charge is 2.31. The molecule has 1 N–H and O–H groups in total. The van der Waals surface area contributed by atoms with Gasteiger partial charge in [0, 0.05) is 36.8 Å². The van der Waals surface area contributed by atoms with Crippen LogP contribution in [0.2, 0.25) is 0 Å². The third-order valence-electron chi connectivity index (χ3n) is 4.91. The number of anilines is 3. The SMILES string of the molecule is O=CCc1cccc(-c2cc(Nc3ccc(OC(F)(F)F)cc3)nc(N3CCOCC3)n2)c1. The third kappa shape index (κ3) is 6.19. The summed E-state index contributed by atoms with van der Waals surface area (Å²) in [6.07, 6.45) is -3.61. The van der Waals surface area contributed by atoms with Crippen LogP contribution in [0.3, 0.4) is 0 Å². The zero-order valence-corrected chi connectivity index (χ0v) is 17.5. The molecular formula is C23H21F3N4O3. The number of benzene rings is 2. The number of morpholine rings is 1. The van der Waals surface area contributed by atoms with E-state index in [9.17, 15) is 18.0 Å². The molecule has 0 unspecified atom stereocenters. The normalized spacial score (nSPS) is 14.1.